The van der Waals surface area contributed by atoms with Crippen molar-refractivity contribution in [2.75, 3.05) is 6.54 Å². The summed E-state index contributed by atoms with van der Waals surface area (Å²) in [4.78, 5) is 11.9. The zero-order valence-corrected chi connectivity index (χ0v) is 9.83. The van der Waals surface area contributed by atoms with Gasteiger partial charge in [-0.25, -0.2) is 0 Å². The van der Waals surface area contributed by atoms with Gasteiger partial charge in [0.1, 0.15) is 0 Å². The fourth-order valence-electron chi connectivity index (χ4n) is 2.37. The van der Waals surface area contributed by atoms with Crippen molar-refractivity contribution in [3.63, 3.8) is 0 Å². The first kappa shape index (κ1) is 11.2. The van der Waals surface area contributed by atoms with E-state index in [1.54, 1.807) is 0 Å². The summed E-state index contributed by atoms with van der Waals surface area (Å²) in [5.41, 5.74) is 1.85. The maximum absolute atomic E-state index is 11.9. The molecule has 1 aromatic rings. The van der Waals surface area contributed by atoms with E-state index in [9.17, 15) is 4.79 Å². The zero-order valence-electron chi connectivity index (χ0n) is 9.83. The van der Waals surface area contributed by atoms with E-state index in [-0.39, 0.29) is 5.91 Å². The van der Waals surface area contributed by atoms with Crippen molar-refractivity contribution in [3.8, 4) is 0 Å². The van der Waals surface area contributed by atoms with Crippen LogP contribution in [0.1, 0.15) is 41.6 Å². The Labute approximate surface area is 97.1 Å². The van der Waals surface area contributed by atoms with Crippen molar-refractivity contribution in [1.82, 2.24) is 5.32 Å². The molecule has 1 aliphatic rings. The molecule has 86 valence electrons. The Morgan fingerprint density at radius 2 is 2.00 bits per heavy atom. The van der Waals surface area contributed by atoms with Crippen LogP contribution in [0.5, 0.6) is 0 Å². The van der Waals surface area contributed by atoms with Crippen LogP contribution >= 0.6 is 0 Å². The Hall–Kier alpha value is -1.31. The first-order valence-electron chi connectivity index (χ1n) is 6.11. The highest BCUT2D eigenvalue weighted by molar-refractivity contribution is 5.95. The second kappa shape index (κ2) is 5.15. The van der Waals surface area contributed by atoms with Gasteiger partial charge in [0.25, 0.3) is 5.91 Å². The number of carbonyl (C=O) groups excluding carboxylic acids is 1. The minimum absolute atomic E-state index is 0.0741. The number of rotatable bonds is 3. The zero-order chi connectivity index (χ0) is 11.4. The SMILES string of the molecule is Cc1ccccc1C(=O)NCC1CCCC1. The van der Waals surface area contributed by atoms with Gasteiger partial charge in [0.05, 0.1) is 0 Å². The molecule has 0 atom stereocenters. The topological polar surface area (TPSA) is 29.1 Å². The number of aryl methyl sites for hydroxylation is 1. The molecule has 0 spiro atoms. The Kier molecular flexibility index (Phi) is 3.60. The largest absolute Gasteiger partial charge is 0.352 e. The lowest BCUT2D eigenvalue weighted by molar-refractivity contribution is 0.0947. The van der Waals surface area contributed by atoms with Gasteiger partial charge in [0.15, 0.2) is 0 Å². The van der Waals surface area contributed by atoms with E-state index in [4.69, 9.17) is 0 Å². The van der Waals surface area contributed by atoms with Crippen LogP contribution < -0.4 is 5.32 Å². The van der Waals surface area contributed by atoms with Crippen molar-refractivity contribution < 1.29 is 4.79 Å². The van der Waals surface area contributed by atoms with Crippen LogP contribution in [-0.4, -0.2) is 12.5 Å². The van der Waals surface area contributed by atoms with Gasteiger partial charge >= 0.3 is 0 Å². The summed E-state index contributed by atoms with van der Waals surface area (Å²) in [7, 11) is 0. The Morgan fingerprint density at radius 1 is 1.31 bits per heavy atom. The third kappa shape index (κ3) is 2.63. The van der Waals surface area contributed by atoms with E-state index in [0.717, 1.165) is 17.7 Å². The lowest BCUT2D eigenvalue weighted by Crippen LogP contribution is -2.28. The summed E-state index contributed by atoms with van der Waals surface area (Å²) in [6, 6.07) is 7.74. The molecule has 0 aromatic heterocycles. The molecule has 0 saturated heterocycles. The smallest absolute Gasteiger partial charge is 0.251 e. The minimum Gasteiger partial charge on any atom is -0.352 e. The van der Waals surface area contributed by atoms with E-state index in [1.807, 2.05) is 31.2 Å². The third-order valence-corrected chi connectivity index (χ3v) is 3.42. The number of benzene rings is 1. The van der Waals surface area contributed by atoms with Crippen LogP contribution in [0, 0.1) is 12.8 Å². The van der Waals surface area contributed by atoms with Gasteiger partial charge in [-0.2, -0.15) is 0 Å². The van der Waals surface area contributed by atoms with Gasteiger partial charge in [0.2, 0.25) is 0 Å². The van der Waals surface area contributed by atoms with Gasteiger partial charge in [-0.05, 0) is 37.3 Å². The standard InChI is InChI=1S/C14H19NO/c1-11-6-2-5-9-13(11)14(16)15-10-12-7-3-4-8-12/h2,5-6,9,12H,3-4,7-8,10H2,1H3,(H,15,16). The molecule has 1 saturated carbocycles. The van der Waals surface area contributed by atoms with Gasteiger partial charge in [-0.1, -0.05) is 31.0 Å². The van der Waals surface area contributed by atoms with E-state index >= 15 is 0 Å². The average Bonchev–Trinajstić information content (AvgIpc) is 2.79. The lowest BCUT2D eigenvalue weighted by Gasteiger charge is -2.11. The van der Waals surface area contributed by atoms with Crippen molar-refractivity contribution in [3.05, 3.63) is 35.4 Å². The Morgan fingerprint density at radius 3 is 2.69 bits per heavy atom. The van der Waals surface area contributed by atoms with Gasteiger partial charge in [0, 0.05) is 12.1 Å². The fraction of sp³-hybridized carbons (Fsp3) is 0.500. The Balaban J connectivity index is 1.90. The van der Waals surface area contributed by atoms with Crippen molar-refractivity contribution in [2.45, 2.75) is 32.6 Å². The molecule has 0 bridgehead atoms. The molecule has 1 aromatic carbocycles. The van der Waals surface area contributed by atoms with Crippen LogP contribution in [0.3, 0.4) is 0 Å². The highest BCUT2D eigenvalue weighted by Gasteiger charge is 2.16. The summed E-state index contributed by atoms with van der Waals surface area (Å²) < 4.78 is 0. The molecule has 2 heteroatoms. The molecule has 0 radical (unpaired) electrons. The first-order valence-corrected chi connectivity index (χ1v) is 6.11. The van der Waals surface area contributed by atoms with Crippen molar-refractivity contribution in [2.24, 2.45) is 5.92 Å². The average molecular weight is 217 g/mol. The molecule has 1 N–H and O–H groups in total. The summed E-state index contributed by atoms with van der Waals surface area (Å²) >= 11 is 0. The highest BCUT2D eigenvalue weighted by atomic mass is 16.1. The highest BCUT2D eigenvalue weighted by Crippen LogP contribution is 2.23. The second-order valence-corrected chi connectivity index (χ2v) is 4.68. The third-order valence-electron chi connectivity index (χ3n) is 3.42. The molecule has 0 aliphatic heterocycles. The summed E-state index contributed by atoms with van der Waals surface area (Å²) in [5, 5.41) is 3.04. The normalized spacial score (nSPS) is 16.3. The first-order chi connectivity index (χ1) is 7.77. The van der Waals surface area contributed by atoms with E-state index < -0.39 is 0 Å². The van der Waals surface area contributed by atoms with Crippen molar-refractivity contribution >= 4 is 5.91 Å². The van der Waals surface area contributed by atoms with Crippen LogP contribution in [0.15, 0.2) is 24.3 Å². The van der Waals surface area contributed by atoms with Crippen LogP contribution in [0.4, 0.5) is 0 Å². The van der Waals surface area contributed by atoms with E-state index in [1.165, 1.54) is 25.7 Å². The van der Waals surface area contributed by atoms with Crippen molar-refractivity contribution in [1.29, 1.82) is 0 Å². The predicted molar refractivity (Wildman–Crippen MR) is 65.5 cm³/mol. The maximum atomic E-state index is 11.9. The van der Waals surface area contributed by atoms with E-state index in [0.29, 0.717) is 5.92 Å². The van der Waals surface area contributed by atoms with E-state index in [2.05, 4.69) is 5.32 Å². The monoisotopic (exact) mass is 217 g/mol. The number of hydrogen-bond donors (Lipinski definition) is 1. The molecular formula is C14H19NO. The molecule has 0 heterocycles. The second-order valence-electron chi connectivity index (χ2n) is 4.68. The molecule has 1 amide bonds. The molecule has 1 fully saturated rings. The molecule has 1 aliphatic carbocycles. The molecular weight excluding hydrogens is 198 g/mol. The number of nitrogens with one attached hydrogen (secondary N) is 1. The predicted octanol–water partition coefficient (Wildman–Crippen LogP) is 2.92. The number of carbonyl (C=O) groups is 1. The lowest BCUT2D eigenvalue weighted by atomic mass is 10.1. The maximum Gasteiger partial charge on any atom is 0.251 e. The van der Waals surface area contributed by atoms with Crippen LogP contribution in [0.2, 0.25) is 0 Å². The molecule has 16 heavy (non-hydrogen) atoms. The van der Waals surface area contributed by atoms with Gasteiger partial charge in [-0.15, -0.1) is 0 Å². The van der Waals surface area contributed by atoms with Gasteiger partial charge in [-0.3, -0.25) is 4.79 Å². The summed E-state index contributed by atoms with van der Waals surface area (Å²) in [6.45, 7) is 2.82. The van der Waals surface area contributed by atoms with Crippen LogP contribution in [-0.2, 0) is 0 Å². The minimum atomic E-state index is 0.0741. The molecule has 0 unspecified atom stereocenters. The fourth-order valence-corrected chi connectivity index (χ4v) is 2.37. The summed E-state index contributed by atoms with van der Waals surface area (Å²) in [6.07, 6.45) is 5.19. The van der Waals surface area contributed by atoms with Gasteiger partial charge < -0.3 is 5.32 Å². The number of hydrogen-bond acceptors (Lipinski definition) is 1. The quantitative estimate of drug-likeness (QED) is 0.828. The molecule has 2 nitrogen and oxygen atoms in total. The van der Waals surface area contributed by atoms with Crippen LogP contribution in [0.25, 0.3) is 0 Å². The summed E-state index contributed by atoms with van der Waals surface area (Å²) in [5.74, 6) is 0.776. The Bertz CT molecular complexity index is 367. The number of amides is 1. The molecule has 2 rings (SSSR count).